The van der Waals surface area contributed by atoms with Gasteiger partial charge in [0, 0.05) is 17.5 Å². The minimum Gasteiger partial charge on any atom is -0.494 e. The second-order valence-corrected chi connectivity index (χ2v) is 9.99. The smallest absolute Gasteiger partial charge is 0.227 e. The number of ether oxygens (including phenoxy) is 1. The molecule has 1 aromatic heterocycles. The standard InChI is InChI=1S/C32H45NO3/c1-3-5-7-9-11-12-13-15-17-30(34)27-20-23-31-29(25-27)33-32(36-31)26-18-21-28(22-19-26)35-24-16-14-10-8-6-4-2/h18-23,25H,3-17,24H2,1-2H3. The third-order valence-corrected chi connectivity index (χ3v) is 6.83. The minimum atomic E-state index is 0.194. The van der Waals surface area contributed by atoms with Crippen molar-refractivity contribution in [1.82, 2.24) is 4.98 Å². The van der Waals surface area contributed by atoms with E-state index in [9.17, 15) is 4.79 Å². The van der Waals surface area contributed by atoms with E-state index in [0.717, 1.165) is 48.3 Å². The van der Waals surface area contributed by atoms with Crippen molar-refractivity contribution in [1.29, 1.82) is 0 Å². The number of unbranched alkanes of at least 4 members (excludes halogenated alkanes) is 12. The largest absolute Gasteiger partial charge is 0.494 e. The fourth-order valence-corrected chi connectivity index (χ4v) is 4.55. The molecule has 0 amide bonds. The summed E-state index contributed by atoms with van der Waals surface area (Å²) in [5.74, 6) is 1.64. The number of Topliss-reactive ketones (excluding diaryl/α,β-unsaturated/α-hetero) is 1. The number of ketones is 1. The average Bonchev–Trinajstić information content (AvgIpc) is 3.33. The lowest BCUT2D eigenvalue weighted by Gasteiger charge is -2.06. The maximum atomic E-state index is 12.7. The van der Waals surface area contributed by atoms with Gasteiger partial charge in [-0.15, -0.1) is 0 Å². The second-order valence-electron chi connectivity index (χ2n) is 9.99. The number of nitrogens with zero attached hydrogens (tertiary/aromatic N) is 1. The van der Waals surface area contributed by atoms with Gasteiger partial charge in [0.25, 0.3) is 0 Å². The van der Waals surface area contributed by atoms with Gasteiger partial charge in [0.15, 0.2) is 11.4 Å². The van der Waals surface area contributed by atoms with E-state index in [1.165, 1.54) is 70.6 Å². The number of carbonyl (C=O) groups is 1. The number of carbonyl (C=O) groups excluding carboxylic acids is 1. The van der Waals surface area contributed by atoms with Gasteiger partial charge in [-0.25, -0.2) is 4.98 Å². The first-order valence-corrected chi connectivity index (χ1v) is 14.4. The Labute approximate surface area is 217 Å². The highest BCUT2D eigenvalue weighted by molar-refractivity contribution is 5.98. The van der Waals surface area contributed by atoms with E-state index in [2.05, 4.69) is 18.8 Å². The first-order chi connectivity index (χ1) is 17.7. The lowest BCUT2D eigenvalue weighted by molar-refractivity contribution is 0.0979. The molecule has 0 N–H and O–H groups in total. The van der Waals surface area contributed by atoms with Gasteiger partial charge in [0.05, 0.1) is 6.61 Å². The van der Waals surface area contributed by atoms with Crippen LogP contribution in [0.5, 0.6) is 5.75 Å². The van der Waals surface area contributed by atoms with E-state index in [0.29, 0.717) is 17.9 Å². The van der Waals surface area contributed by atoms with Gasteiger partial charge in [0.2, 0.25) is 5.89 Å². The number of hydrogen-bond donors (Lipinski definition) is 0. The van der Waals surface area contributed by atoms with Crippen molar-refractivity contribution in [3.63, 3.8) is 0 Å². The number of aromatic nitrogens is 1. The topological polar surface area (TPSA) is 52.3 Å². The van der Waals surface area contributed by atoms with Gasteiger partial charge in [-0.3, -0.25) is 4.79 Å². The molecule has 4 nitrogen and oxygen atoms in total. The van der Waals surface area contributed by atoms with Crippen molar-refractivity contribution >= 4 is 16.9 Å². The summed E-state index contributed by atoms with van der Waals surface area (Å²) in [6.45, 7) is 5.24. The van der Waals surface area contributed by atoms with Crippen LogP contribution in [0.4, 0.5) is 0 Å². The van der Waals surface area contributed by atoms with E-state index in [1.54, 1.807) is 0 Å². The summed E-state index contributed by atoms with van der Waals surface area (Å²) in [6.07, 6.45) is 18.0. The predicted octanol–water partition coefficient (Wildman–Crippen LogP) is 9.95. The van der Waals surface area contributed by atoms with Crippen molar-refractivity contribution in [3.8, 4) is 17.2 Å². The molecular weight excluding hydrogens is 446 g/mol. The molecule has 1 heterocycles. The Hall–Kier alpha value is -2.62. The molecule has 3 rings (SSSR count). The third-order valence-electron chi connectivity index (χ3n) is 6.83. The van der Waals surface area contributed by atoms with E-state index in [4.69, 9.17) is 9.15 Å². The Kier molecular flexibility index (Phi) is 12.6. The fraction of sp³-hybridized carbons (Fsp3) is 0.562. The van der Waals surface area contributed by atoms with Crippen LogP contribution in [0, 0.1) is 0 Å². The van der Waals surface area contributed by atoms with Crippen molar-refractivity contribution in [2.45, 2.75) is 110 Å². The Balaban J connectivity index is 1.45. The van der Waals surface area contributed by atoms with Crippen LogP contribution in [-0.2, 0) is 0 Å². The fourth-order valence-electron chi connectivity index (χ4n) is 4.55. The first kappa shape index (κ1) is 28.0. The Morgan fingerprint density at radius 3 is 2.03 bits per heavy atom. The molecule has 0 spiro atoms. The van der Waals surface area contributed by atoms with Crippen molar-refractivity contribution in [2.75, 3.05) is 6.61 Å². The molecule has 0 aliphatic rings. The molecule has 0 saturated heterocycles. The van der Waals surface area contributed by atoms with E-state index in [1.807, 2.05) is 42.5 Å². The maximum Gasteiger partial charge on any atom is 0.227 e. The minimum absolute atomic E-state index is 0.194. The second kappa shape index (κ2) is 16.2. The van der Waals surface area contributed by atoms with E-state index in [-0.39, 0.29) is 5.78 Å². The molecule has 4 heteroatoms. The molecule has 2 aromatic carbocycles. The number of benzene rings is 2. The molecule has 0 fully saturated rings. The van der Waals surface area contributed by atoms with Gasteiger partial charge in [-0.2, -0.15) is 0 Å². The molecule has 36 heavy (non-hydrogen) atoms. The Bertz CT molecular complexity index is 1020. The van der Waals surface area contributed by atoms with Crippen molar-refractivity contribution in [2.24, 2.45) is 0 Å². The van der Waals surface area contributed by atoms with Crippen LogP contribution >= 0.6 is 0 Å². The Morgan fingerprint density at radius 2 is 1.36 bits per heavy atom. The molecule has 0 aliphatic heterocycles. The summed E-state index contributed by atoms with van der Waals surface area (Å²) >= 11 is 0. The SMILES string of the molecule is CCCCCCCCCCC(=O)c1ccc2oc(-c3ccc(OCCCCCCCC)cc3)nc2c1. The molecule has 3 aromatic rings. The normalized spacial score (nSPS) is 11.3. The highest BCUT2D eigenvalue weighted by Crippen LogP contribution is 2.27. The molecule has 0 saturated carbocycles. The molecule has 196 valence electrons. The number of rotatable bonds is 19. The van der Waals surface area contributed by atoms with Crippen LogP contribution in [0.15, 0.2) is 46.9 Å². The molecule has 0 aliphatic carbocycles. The highest BCUT2D eigenvalue weighted by atomic mass is 16.5. The summed E-state index contributed by atoms with van der Waals surface area (Å²) in [4.78, 5) is 17.3. The molecule has 0 bridgehead atoms. The van der Waals surface area contributed by atoms with Crippen molar-refractivity contribution in [3.05, 3.63) is 48.0 Å². The quantitative estimate of drug-likeness (QED) is 0.124. The lowest BCUT2D eigenvalue weighted by atomic mass is 10.0. The van der Waals surface area contributed by atoms with Gasteiger partial charge in [-0.1, -0.05) is 90.9 Å². The third kappa shape index (κ3) is 9.44. The van der Waals surface area contributed by atoms with E-state index >= 15 is 0 Å². The van der Waals surface area contributed by atoms with Crippen LogP contribution in [-0.4, -0.2) is 17.4 Å². The van der Waals surface area contributed by atoms with Crippen LogP contribution in [0.1, 0.15) is 121 Å². The number of oxazole rings is 1. The zero-order valence-corrected chi connectivity index (χ0v) is 22.5. The van der Waals surface area contributed by atoms with Crippen molar-refractivity contribution < 1.29 is 13.9 Å². The van der Waals surface area contributed by atoms with Gasteiger partial charge >= 0.3 is 0 Å². The number of fused-ring (bicyclic) bond motifs is 1. The van der Waals surface area contributed by atoms with Gasteiger partial charge in [-0.05, 0) is 55.3 Å². The summed E-state index contributed by atoms with van der Waals surface area (Å²) < 4.78 is 11.8. The average molecular weight is 492 g/mol. The molecule has 0 unspecified atom stereocenters. The predicted molar refractivity (Wildman–Crippen MR) is 150 cm³/mol. The monoisotopic (exact) mass is 491 g/mol. The zero-order chi connectivity index (χ0) is 25.4. The van der Waals surface area contributed by atoms with Gasteiger partial charge < -0.3 is 9.15 Å². The lowest BCUT2D eigenvalue weighted by Crippen LogP contribution is -1.98. The van der Waals surface area contributed by atoms with Crippen LogP contribution in [0.3, 0.4) is 0 Å². The first-order valence-electron chi connectivity index (χ1n) is 14.4. The Morgan fingerprint density at radius 1 is 0.750 bits per heavy atom. The summed E-state index contributed by atoms with van der Waals surface area (Å²) in [5, 5.41) is 0. The molecule has 0 radical (unpaired) electrons. The number of hydrogen-bond acceptors (Lipinski definition) is 4. The zero-order valence-electron chi connectivity index (χ0n) is 22.5. The van der Waals surface area contributed by atoms with Gasteiger partial charge in [0.1, 0.15) is 11.3 Å². The maximum absolute atomic E-state index is 12.7. The van der Waals surface area contributed by atoms with Crippen LogP contribution in [0.25, 0.3) is 22.6 Å². The summed E-state index contributed by atoms with van der Waals surface area (Å²) in [7, 11) is 0. The summed E-state index contributed by atoms with van der Waals surface area (Å²) in [6, 6.07) is 13.5. The van der Waals surface area contributed by atoms with Crippen LogP contribution < -0.4 is 4.74 Å². The summed E-state index contributed by atoms with van der Waals surface area (Å²) in [5.41, 5.74) is 3.07. The highest BCUT2D eigenvalue weighted by Gasteiger charge is 2.12. The molecular formula is C32H45NO3. The van der Waals surface area contributed by atoms with E-state index < -0.39 is 0 Å². The van der Waals surface area contributed by atoms with Crippen LogP contribution in [0.2, 0.25) is 0 Å². The molecule has 0 atom stereocenters.